The molecule has 0 saturated carbocycles. The molecule has 2 N–H and O–H groups in total. The molecule has 0 aromatic heterocycles. The highest BCUT2D eigenvalue weighted by molar-refractivity contribution is 9.10. The number of aliphatic hydroxyl groups excluding tert-OH is 1. The van der Waals surface area contributed by atoms with Crippen molar-refractivity contribution in [2.45, 2.75) is 26.4 Å². The first-order chi connectivity index (χ1) is 8.41. The Balaban J connectivity index is 2.48. The Kier molecular flexibility index (Phi) is 5.75. The maximum Gasteiger partial charge on any atom is 0.251 e. The largest absolute Gasteiger partial charge is 0.393 e. The van der Waals surface area contributed by atoms with Gasteiger partial charge in [-0.25, -0.2) is 4.39 Å². The van der Waals surface area contributed by atoms with Crippen LogP contribution < -0.4 is 5.32 Å². The highest BCUT2D eigenvalue weighted by Crippen LogP contribution is 2.16. The lowest BCUT2D eigenvalue weighted by Crippen LogP contribution is -2.28. The molecule has 1 unspecified atom stereocenters. The van der Waals surface area contributed by atoms with Crippen LogP contribution in [0.25, 0.3) is 0 Å². The van der Waals surface area contributed by atoms with Crippen LogP contribution in [0.5, 0.6) is 0 Å². The zero-order valence-electron chi connectivity index (χ0n) is 10.4. The van der Waals surface area contributed by atoms with E-state index in [-0.39, 0.29) is 16.3 Å². The average Bonchev–Trinajstić information content (AvgIpc) is 2.32. The van der Waals surface area contributed by atoms with Crippen molar-refractivity contribution in [1.29, 1.82) is 0 Å². The number of aliphatic hydroxyl groups is 1. The fraction of sp³-hybridized carbons (Fsp3) is 0.462. The molecule has 0 heterocycles. The SMILES string of the molecule is CC(C)C(O)CCNC(=O)c1ccc(F)c(Br)c1. The molecule has 0 saturated heterocycles. The van der Waals surface area contributed by atoms with E-state index in [2.05, 4.69) is 21.2 Å². The zero-order valence-corrected chi connectivity index (χ0v) is 12.0. The predicted molar refractivity (Wildman–Crippen MR) is 71.9 cm³/mol. The van der Waals surface area contributed by atoms with Gasteiger partial charge in [0.1, 0.15) is 5.82 Å². The number of hydrogen-bond acceptors (Lipinski definition) is 2. The van der Waals surface area contributed by atoms with E-state index in [9.17, 15) is 14.3 Å². The van der Waals surface area contributed by atoms with Crippen LogP contribution in [-0.2, 0) is 0 Å². The molecule has 1 atom stereocenters. The second-order valence-corrected chi connectivity index (χ2v) is 5.34. The number of halogens is 2. The molecule has 1 amide bonds. The maximum absolute atomic E-state index is 13.0. The Morgan fingerprint density at radius 1 is 1.50 bits per heavy atom. The monoisotopic (exact) mass is 317 g/mol. The van der Waals surface area contributed by atoms with Crippen LogP contribution in [0.15, 0.2) is 22.7 Å². The first kappa shape index (κ1) is 15.1. The summed E-state index contributed by atoms with van der Waals surface area (Å²) >= 11 is 3.03. The number of benzene rings is 1. The predicted octanol–water partition coefficient (Wildman–Crippen LogP) is 2.73. The Hall–Kier alpha value is -0.940. The van der Waals surface area contributed by atoms with E-state index >= 15 is 0 Å². The molecule has 5 heteroatoms. The summed E-state index contributed by atoms with van der Waals surface area (Å²) < 4.78 is 13.3. The van der Waals surface area contributed by atoms with Crippen molar-refractivity contribution >= 4 is 21.8 Å². The summed E-state index contributed by atoms with van der Waals surface area (Å²) in [6.45, 7) is 4.24. The summed E-state index contributed by atoms with van der Waals surface area (Å²) in [7, 11) is 0. The van der Waals surface area contributed by atoms with E-state index < -0.39 is 11.9 Å². The molecule has 0 aliphatic carbocycles. The molecular weight excluding hydrogens is 301 g/mol. The zero-order chi connectivity index (χ0) is 13.7. The number of carbonyl (C=O) groups excluding carboxylic acids is 1. The lowest BCUT2D eigenvalue weighted by molar-refractivity contribution is 0.0920. The van der Waals surface area contributed by atoms with Crippen LogP contribution in [-0.4, -0.2) is 23.7 Å². The quantitative estimate of drug-likeness (QED) is 0.877. The highest BCUT2D eigenvalue weighted by atomic mass is 79.9. The molecule has 0 aliphatic rings. The van der Waals surface area contributed by atoms with Gasteiger partial charge >= 0.3 is 0 Å². The Morgan fingerprint density at radius 2 is 2.17 bits per heavy atom. The van der Waals surface area contributed by atoms with Gasteiger partial charge in [0.2, 0.25) is 0 Å². The molecule has 0 radical (unpaired) electrons. The smallest absolute Gasteiger partial charge is 0.251 e. The highest BCUT2D eigenvalue weighted by Gasteiger charge is 2.11. The summed E-state index contributed by atoms with van der Waals surface area (Å²) in [4.78, 5) is 11.7. The molecular formula is C13H17BrFNO2. The van der Waals surface area contributed by atoms with Gasteiger partial charge in [0, 0.05) is 12.1 Å². The van der Waals surface area contributed by atoms with Gasteiger partial charge in [-0.2, -0.15) is 0 Å². The number of amides is 1. The van der Waals surface area contributed by atoms with Gasteiger partial charge in [-0.15, -0.1) is 0 Å². The molecule has 0 fully saturated rings. The minimum Gasteiger partial charge on any atom is -0.393 e. The molecule has 1 rings (SSSR count). The van der Waals surface area contributed by atoms with Gasteiger partial charge in [0.15, 0.2) is 0 Å². The van der Waals surface area contributed by atoms with E-state index in [1.54, 1.807) is 0 Å². The maximum atomic E-state index is 13.0. The topological polar surface area (TPSA) is 49.3 Å². The van der Waals surface area contributed by atoms with Crippen LogP contribution in [0.4, 0.5) is 4.39 Å². The first-order valence-electron chi connectivity index (χ1n) is 5.83. The van der Waals surface area contributed by atoms with E-state index in [4.69, 9.17) is 0 Å². The van der Waals surface area contributed by atoms with Gasteiger partial charge in [-0.1, -0.05) is 13.8 Å². The Labute approximate surface area is 115 Å². The van der Waals surface area contributed by atoms with E-state index in [0.29, 0.717) is 18.5 Å². The van der Waals surface area contributed by atoms with Crippen molar-refractivity contribution in [3.8, 4) is 0 Å². The standard InChI is InChI=1S/C13H17BrFNO2/c1-8(2)12(17)5-6-16-13(18)9-3-4-11(15)10(14)7-9/h3-4,7-8,12,17H,5-6H2,1-2H3,(H,16,18). The van der Waals surface area contributed by atoms with Crippen LogP contribution in [0, 0.1) is 11.7 Å². The first-order valence-corrected chi connectivity index (χ1v) is 6.62. The Bertz CT molecular complexity index is 423. The van der Waals surface area contributed by atoms with E-state index in [0.717, 1.165) is 0 Å². The lowest BCUT2D eigenvalue weighted by Gasteiger charge is -2.14. The molecule has 18 heavy (non-hydrogen) atoms. The Morgan fingerprint density at radius 3 is 2.72 bits per heavy atom. The van der Waals surface area contributed by atoms with Crippen molar-refractivity contribution < 1.29 is 14.3 Å². The second-order valence-electron chi connectivity index (χ2n) is 4.48. The van der Waals surface area contributed by atoms with Crippen LogP contribution >= 0.6 is 15.9 Å². The van der Waals surface area contributed by atoms with Crippen LogP contribution in [0.3, 0.4) is 0 Å². The van der Waals surface area contributed by atoms with Crippen LogP contribution in [0.1, 0.15) is 30.6 Å². The third-order valence-corrected chi connectivity index (χ3v) is 3.28. The fourth-order valence-corrected chi connectivity index (χ4v) is 1.79. The minimum absolute atomic E-state index is 0.168. The summed E-state index contributed by atoms with van der Waals surface area (Å²) in [6, 6.07) is 4.10. The lowest BCUT2D eigenvalue weighted by atomic mass is 10.0. The third-order valence-electron chi connectivity index (χ3n) is 2.68. The molecule has 100 valence electrons. The minimum atomic E-state index is -0.426. The van der Waals surface area contributed by atoms with Crippen molar-refractivity contribution in [3.63, 3.8) is 0 Å². The van der Waals surface area contributed by atoms with Gasteiger partial charge in [-0.05, 0) is 46.5 Å². The second kappa shape index (κ2) is 6.85. The summed E-state index contributed by atoms with van der Waals surface area (Å²) in [5, 5.41) is 12.3. The molecule has 0 aliphatic heterocycles. The number of carbonyl (C=O) groups is 1. The van der Waals surface area contributed by atoms with Crippen molar-refractivity contribution in [3.05, 3.63) is 34.1 Å². The molecule has 3 nitrogen and oxygen atoms in total. The van der Waals surface area contributed by atoms with Crippen molar-refractivity contribution in [2.75, 3.05) is 6.54 Å². The number of rotatable bonds is 5. The van der Waals surface area contributed by atoms with Gasteiger partial charge < -0.3 is 10.4 Å². The number of hydrogen-bond donors (Lipinski definition) is 2. The van der Waals surface area contributed by atoms with E-state index in [1.165, 1.54) is 18.2 Å². The van der Waals surface area contributed by atoms with Gasteiger partial charge in [-0.3, -0.25) is 4.79 Å². The van der Waals surface area contributed by atoms with Crippen LogP contribution in [0.2, 0.25) is 0 Å². The molecule has 0 bridgehead atoms. The van der Waals surface area contributed by atoms with Crippen molar-refractivity contribution in [2.24, 2.45) is 5.92 Å². The van der Waals surface area contributed by atoms with Crippen molar-refractivity contribution in [1.82, 2.24) is 5.32 Å². The fourth-order valence-electron chi connectivity index (χ4n) is 1.41. The molecule has 0 spiro atoms. The normalized spacial score (nSPS) is 12.6. The van der Waals surface area contributed by atoms with E-state index in [1.807, 2.05) is 13.8 Å². The summed E-state index contributed by atoms with van der Waals surface area (Å²) in [5.41, 5.74) is 0.391. The average molecular weight is 318 g/mol. The summed E-state index contributed by atoms with van der Waals surface area (Å²) in [6.07, 6.45) is 0.0800. The summed E-state index contributed by atoms with van der Waals surface area (Å²) in [5.74, 6) is -0.504. The molecule has 1 aromatic carbocycles. The third kappa shape index (κ3) is 4.38. The molecule has 1 aromatic rings. The van der Waals surface area contributed by atoms with Gasteiger partial charge in [0.05, 0.1) is 10.6 Å². The number of nitrogens with one attached hydrogen (secondary N) is 1. The van der Waals surface area contributed by atoms with Gasteiger partial charge in [0.25, 0.3) is 5.91 Å².